The van der Waals surface area contributed by atoms with Gasteiger partial charge in [-0.15, -0.1) is 0 Å². The Hall–Kier alpha value is 0.190. The summed E-state index contributed by atoms with van der Waals surface area (Å²) in [5.41, 5.74) is 0. The molecule has 11 heavy (non-hydrogen) atoms. The van der Waals surface area contributed by atoms with E-state index in [0.29, 0.717) is 0 Å². The first-order chi connectivity index (χ1) is 3.73. The average Bonchev–Trinajstić information content (AvgIpc) is 1.19. The molecule has 0 saturated heterocycles. The van der Waals surface area contributed by atoms with Gasteiger partial charge in [-0.25, -0.2) is 0 Å². The van der Waals surface area contributed by atoms with E-state index < -0.39 is 6.16 Å². The molecule has 64 valence electrons. The third kappa shape index (κ3) is 18900. The fourth-order valence-corrected chi connectivity index (χ4v) is 0. The van der Waals surface area contributed by atoms with Crippen molar-refractivity contribution >= 4 is 6.16 Å². The summed E-state index contributed by atoms with van der Waals surface area (Å²) in [5.74, 6) is 0. The molecule has 0 fully saturated rings. The molecule has 0 amide bonds. The summed E-state index contributed by atoms with van der Waals surface area (Å²) in [6.07, 6.45) is -2.08. The van der Waals surface area contributed by atoms with Crippen LogP contribution in [0.4, 0.5) is 4.79 Å². The molecule has 0 aliphatic heterocycles. The van der Waals surface area contributed by atoms with Crippen LogP contribution in [0.1, 0.15) is 0 Å². The van der Waals surface area contributed by atoms with Crippen molar-refractivity contribution in [3.8, 4) is 0 Å². The smallest absolute Gasteiger partial charge is 0.870 e. The van der Waals surface area contributed by atoms with Crippen molar-refractivity contribution in [3.63, 3.8) is 0 Å². The molecular weight excluding hydrogens is 161 g/mol. The molecule has 2 N–H and O–H groups in total. The molecule has 0 aliphatic rings. The molecule has 0 radical (unpaired) electrons. The van der Waals surface area contributed by atoms with Gasteiger partial charge in [0.25, 0.3) is 0 Å². The summed E-state index contributed by atoms with van der Waals surface area (Å²) in [6, 6.07) is 0. The van der Waals surface area contributed by atoms with E-state index in [1.165, 1.54) is 0 Å². The second-order valence-corrected chi connectivity index (χ2v) is 2.95. The number of rotatable bonds is 0. The van der Waals surface area contributed by atoms with Crippen LogP contribution in [-0.4, -0.2) is 49.4 Å². The number of hydrogen-bond acceptors (Lipinski definition) is 3. The Morgan fingerprint density at radius 1 is 1.27 bits per heavy atom. The Labute approximate surface area is 88.8 Å². The molecule has 0 rings (SSSR count). The molecule has 0 saturated carbocycles. The molecule has 0 unspecified atom stereocenters. The van der Waals surface area contributed by atoms with Gasteiger partial charge in [0.05, 0.1) is 28.2 Å². The standard InChI is InChI=1S/C4H12N.CH2O3.Na.H2O/c1-5(2,3)4;2-1(3)4;;/h1-4H3;(H2,2,3,4);;1H2/q+1;;+1;/p-2. The maximum absolute atomic E-state index is 8.44. The SMILES string of the molecule is C[N+](C)(C)C.O=C([O-])O.[Na+].[OH-]. The topological polar surface area (TPSA) is 90.4 Å². The van der Waals surface area contributed by atoms with Crippen LogP contribution in [0.25, 0.3) is 0 Å². The van der Waals surface area contributed by atoms with E-state index in [2.05, 4.69) is 28.2 Å². The van der Waals surface area contributed by atoms with E-state index in [1.54, 1.807) is 0 Å². The van der Waals surface area contributed by atoms with Gasteiger partial charge < -0.3 is 25.0 Å². The van der Waals surface area contributed by atoms with E-state index in [0.717, 1.165) is 4.48 Å². The second-order valence-electron chi connectivity index (χ2n) is 2.95. The van der Waals surface area contributed by atoms with E-state index >= 15 is 0 Å². The maximum Gasteiger partial charge on any atom is 1.00 e. The first kappa shape index (κ1) is 22.5. The number of carbonyl (C=O) groups is 1. The molecule has 5 nitrogen and oxygen atoms in total. The van der Waals surface area contributed by atoms with Crippen molar-refractivity contribution in [2.75, 3.05) is 28.2 Å². The fourth-order valence-electron chi connectivity index (χ4n) is 0. The van der Waals surface area contributed by atoms with Gasteiger partial charge in [0.15, 0.2) is 0 Å². The molecule has 0 heterocycles. The number of nitrogens with zero attached hydrogens (tertiary/aromatic N) is 1. The van der Waals surface area contributed by atoms with Crippen LogP contribution in [0, 0.1) is 0 Å². The summed E-state index contributed by atoms with van der Waals surface area (Å²) >= 11 is 0. The van der Waals surface area contributed by atoms with Crippen molar-refractivity contribution in [3.05, 3.63) is 0 Å². The summed E-state index contributed by atoms with van der Waals surface area (Å²) < 4.78 is 1.00. The average molecular weight is 175 g/mol. The maximum atomic E-state index is 8.44. The Morgan fingerprint density at radius 2 is 1.27 bits per heavy atom. The summed E-state index contributed by atoms with van der Waals surface area (Å²) in [4.78, 5) is 8.44. The van der Waals surface area contributed by atoms with Crippen molar-refractivity contribution in [2.45, 2.75) is 0 Å². The molecule has 0 spiro atoms. The van der Waals surface area contributed by atoms with Crippen molar-refractivity contribution in [1.82, 2.24) is 0 Å². The molecule has 6 heteroatoms. The summed E-state index contributed by atoms with van der Waals surface area (Å²) in [5, 5.41) is 15.3. The molecule has 0 atom stereocenters. The van der Waals surface area contributed by atoms with Gasteiger partial charge in [-0.3, -0.25) is 0 Å². The van der Waals surface area contributed by atoms with Gasteiger partial charge in [-0.05, 0) is 0 Å². The number of carboxylic acid groups (broad SMARTS) is 2. The normalized spacial score (nSPS) is 7.64. The predicted octanol–water partition coefficient (Wildman–Crippen LogP) is -3.96. The van der Waals surface area contributed by atoms with Gasteiger partial charge in [-0.1, -0.05) is 0 Å². The summed E-state index contributed by atoms with van der Waals surface area (Å²) in [7, 11) is 8.50. The molecule has 0 aromatic heterocycles. The Morgan fingerprint density at radius 3 is 1.27 bits per heavy atom. The first-order valence-electron chi connectivity index (χ1n) is 2.42. The van der Waals surface area contributed by atoms with Crippen molar-refractivity contribution in [1.29, 1.82) is 0 Å². The van der Waals surface area contributed by atoms with Gasteiger partial charge in [0, 0.05) is 0 Å². The van der Waals surface area contributed by atoms with Gasteiger partial charge in [0.1, 0.15) is 0 Å². The van der Waals surface area contributed by atoms with Crippen LogP contribution in [-0.2, 0) is 0 Å². The molecule has 0 aromatic rings. The van der Waals surface area contributed by atoms with Gasteiger partial charge >= 0.3 is 29.6 Å². The fraction of sp³-hybridized carbons (Fsp3) is 0.800. The predicted molar refractivity (Wildman–Crippen MR) is 33.9 cm³/mol. The van der Waals surface area contributed by atoms with E-state index in [4.69, 9.17) is 15.0 Å². The minimum absolute atomic E-state index is 0. The van der Waals surface area contributed by atoms with Crippen LogP contribution < -0.4 is 34.7 Å². The van der Waals surface area contributed by atoms with Crippen molar-refractivity contribution in [2.24, 2.45) is 0 Å². The van der Waals surface area contributed by atoms with E-state index in [1.807, 2.05) is 0 Å². The molecule has 0 aromatic carbocycles. The Bertz CT molecular complexity index is 81.0. The van der Waals surface area contributed by atoms with Crippen LogP contribution in [0.2, 0.25) is 0 Å². The van der Waals surface area contributed by atoms with Crippen molar-refractivity contribution < 1.29 is 54.5 Å². The molecule has 0 bridgehead atoms. The molecular formula is C5H14NNaO4. The zero-order valence-corrected chi connectivity index (χ0v) is 9.66. The number of hydrogen-bond donors (Lipinski definition) is 1. The van der Waals surface area contributed by atoms with Gasteiger partial charge in [-0.2, -0.15) is 0 Å². The minimum atomic E-state index is -2.08. The Balaban J connectivity index is -0.0000000383. The largest absolute Gasteiger partial charge is 1.00 e. The number of quaternary nitrogens is 1. The zero-order chi connectivity index (χ0) is 8.08. The molecule has 0 aliphatic carbocycles. The van der Waals surface area contributed by atoms with E-state index in [-0.39, 0.29) is 35.0 Å². The monoisotopic (exact) mass is 175 g/mol. The third-order valence-corrected chi connectivity index (χ3v) is 0. The Kier molecular flexibility index (Phi) is 20.8. The van der Waals surface area contributed by atoms with Crippen LogP contribution >= 0.6 is 0 Å². The quantitative estimate of drug-likeness (QED) is 0.300. The summed E-state index contributed by atoms with van der Waals surface area (Å²) in [6.45, 7) is 0. The van der Waals surface area contributed by atoms with Crippen LogP contribution in [0.3, 0.4) is 0 Å². The van der Waals surface area contributed by atoms with E-state index in [9.17, 15) is 0 Å². The van der Waals surface area contributed by atoms with Crippen LogP contribution in [0.5, 0.6) is 0 Å². The van der Waals surface area contributed by atoms with Gasteiger partial charge in [0.2, 0.25) is 6.16 Å². The second kappa shape index (κ2) is 10.2. The van der Waals surface area contributed by atoms with Crippen LogP contribution in [0.15, 0.2) is 0 Å². The first-order valence-corrected chi connectivity index (χ1v) is 2.42. The zero-order valence-electron chi connectivity index (χ0n) is 7.66. The third-order valence-electron chi connectivity index (χ3n) is 0. The minimum Gasteiger partial charge on any atom is -0.870 e.